The van der Waals surface area contributed by atoms with Gasteiger partial charge in [0.1, 0.15) is 12.0 Å². The maximum absolute atomic E-state index is 6.25. The highest BCUT2D eigenvalue weighted by Gasteiger charge is 2.20. The molecule has 2 heterocycles. The van der Waals surface area contributed by atoms with Gasteiger partial charge >= 0.3 is 0 Å². The summed E-state index contributed by atoms with van der Waals surface area (Å²) >= 11 is 0. The molecule has 18 heavy (non-hydrogen) atoms. The number of ether oxygens (including phenoxy) is 1. The Morgan fingerprint density at radius 2 is 2.06 bits per heavy atom. The van der Waals surface area contributed by atoms with E-state index in [1.54, 1.807) is 25.7 Å². The molecule has 1 atom stereocenters. The number of hydrogen-bond acceptors (Lipinski definition) is 5. The summed E-state index contributed by atoms with van der Waals surface area (Å²) in [5, 5.41) is 4.29. The summed E-state index contributed by atoms with van der Waals surface area (Å²) in [6.07, 6.45) is 7.57. The molecule has 2 N–H and O–H groups in total. The molecule has 6 nitrogen and oxygen atoms in total. The number of nitrogens with two attached hydrogens (primary N) is 1. The van der Waals surface area contributed by atoms with E-state index in [9.17, 15) is 0 Å². The molecule has 2 aromatic rings. The van der Waals surface area contributed by atoms with Gasteiger partial charge in [0.15, 0.2) is 5.75 Å². The lowest BCUT2D eigenvalue weighted by molar-refractivity contribution is 0.404. The molecule has 0 bridgehead atoms. The number of methoxy groups -OCH3 is 1. The molecule has 0 radical (unpaired) electrons. The SMILES string of the molecule is CCCn1ncc(OC)c1C(N)c1cncnc1. The van der Waals surface area contributed by atoms with Crippen molar-refractivity contribution < 1.29 is 4.74 Å². The van der Waals surface area contributed by atoms with Crippen LogP contribution in [0, 0.1) is 0 Å². The highest BCUT2D eigenvalue weighted by atomic mass is 16.5. The highest BCUT2D eigenvalue weighted by Crippen LogP contribution is 2.27. The van der Waals surface area contributed by atoms with E-state index < -0.39 is 0 Å². The van der Waals surface area contributed by atoms with Crippen LogP contribution in [-0.4, -0.2) is 26.9 Å². The van der Waals surface area contributed by atoms with Crippen LogP contribution in [0.15, 0.2) is 24.9 Å². The quantitative estimate of drug-likeness (QED) is 0.857. The van der Waals surface area contributed by atoms with Gasteiger partial charge in [-0.3, -0.25) is 4.68 Å². The van der Waals surface area contributed by atoms with E-state index in [2.05, 4.69) is 22.0 Å². The molecule has 0 aliphatic carbocycles. The molecule has 2 aromatic heterocycles. The minimum absolute atomic E-state index is 0.338. The van der Waals surface area contributed by atoms with Crippen molar-refractivity contribution in [3.8, 4) is 5.75 Å². The second kappa shape index (κ2) is 5.59. The summed E-state index contributed by atoms with van der Waals surface area (Å²) in [6.45, 7) is 2.90. The molecular weight excluding hydrogens is 230 g/mol. The van der Waals surface area contributed by atoms with Crippen LogP contribution >= 0.6 is 0 Å². The Balaban J connectivity index is 2.39. The summed E-state index contributed by atoms with van der Waals surface area (Å²) in [6, 6.07) is -0.338. The Morgan fingerprint density at radius 1 is 1.33 bits per heavy atom. The zero-order valence-corrected chi connectivity index (χ0v) is 10.6. The molecule has 0 aliphatic heterocycles. The van der Waals surface area contributed by atoms with Crippen molar-refractivity contribution in [1.29, 1.82) is 0 Å². The molecule has 0 aromatic carbocycles. The molecule has 96 valence electrons. The van der Waals surface area contributed by atoms with Crippen molar-refractivity contribution >= 4 is 0 Å². The Kier molecular flexibility index (Phi) is 3.88. The first kappa shape index (κ1) is 12.5. The summed E-state index contributed by atoms with van der Waals surface area (Å²) in [5.74, 6) is 0.694. The predicted octanol–water partition coefficient (Wildman–Crippen LogP) is 1.14. The van der Waals surface area contributed by atoms with Gasteiger partial charge in [-0.05, 0) is 6.42 Å². The van der Waals surface area contributed by atoms with Gasteiger partial charge in [0.25, 0.3) is 0 Å². The van der Waals surface area contributed by atoms with Crippen LogP contribution in [0.5, 0.6) is 5.75 Å². The zero-order valence-electron chi connectivity index (χ0n) is 10.6. The Labute approximate surface area is 106 Å². The second-order valence-electron chi connectivity index (χ2n) is 3.97. The molecule has 0 saturated heterocycles. The summed E-state index contributed by atoms with van der Waals surface area (Å²) in [5.41, 5.74) is 7.94. The van der Waals surface area contributed by atoms with Crippen LogP contribution in [0.25, 0.3) is 0 Å². The number of nitrogens with zero attached hydrogens (tertiary/aromatic N) is 4. The third-order valence-corrected chi connectivity index (χ3v) is 2.73. The van der Waals surface area contributed by atoms with E-state index in [0.29, 0.717) is 5.75 Å². The van der Waals surface area contributed by atoms with Crippen LogP contribution in [-0.2, 0) is 6.54 Å². The average molecular weight is 247 g/mol. The molecule has 1 unspecified atom stereocenters. The van der Waals surface area contributed by atoms with Crippen LogP contribution in [0.1, 0.15) is 30.6 Å². The Bertz CT molecular complexity index is 496. The van der Waals surface area contributed by atoms with E-state index >= 15 is 0 Å². The van der Waals surface area contributed by atoms with Crippen molar-refractivity contribution in [2.75, 3.05) is 7.11 Å². The molecular formula is C12H17N5O. The van der Waals surface area contributed by atoms with Gasteiger partial charge in [-0.2, -0.15) is 5.10 Å². The molecule has 0 amide bonds. The molecule has 0 saturated carbocycles. The molecule has 6 heteroatoms. The van der Waals surface area contributed by atoms with Crippen LogP contribution < -0.4 is 10.5 Å². The Morgan fingerprint density at radius 3 is 2.67 bits per heavy atom. The first-order valence-electron chi connectivity index (χ1n) is 5.88. The lowest BCUT2D eigenvalue weighted by Gasteiger charge is -2.15. The molecule has 2 rings (SSSR count). The zero-order chi connectivity index (χ0) is 13.0. The largest absolute Gasteiger partial charge is 0.493 e. The van der Waals surface area contributed by atoms with Crippen molar-refractivity contribution in [2.24, 2.45) is 5.73 Å². The van der Waals surface area contributed by atoms with Gasteiger partial charge in [-0.1, -0.05) is 6.92 Å². The van der Waals surface area contributed by atoms with Gasteiger partial charge in [-0.15, -0.1) is 0 Å². The van der Waals surface area contributed by atoms with Crippen molar-refractivity contribution in [1.82, 2.24) is 19.7 Å². The maximum atomic E-state index is 6.25. The first-order chi connectivity index (χ1) is 8.77. The second-order valence-corrected chi connectivity index (χ2v) is 3.97. The number of hydrogen-bond donors (Lipinski definition) is 1. The monoisotopic (exact) mass is 247 g/mol. The van der Waals surface area contributed by atoms with E-state index in [0.717, 1.165) is 24.2 Å². The predicted molar refractivity (Wildman–Crippen MR) is 67.1 cm³/mol. The third kappa shape index (κ3) is 2.33. The third-order valence-electron chi connectivity index (χ3n) is 2.73. The topological polar surface area (TPSA) is 78.9 Å². The van der Waals surface area contributed by atoms with Crippen LogP contribution in [0.2, 0.25) is 0 Å². The standard InChI is InChI=1S/C12H17N5O/c1-3-4-17-12(10(18-2)7-16-17)11(13)9-5-14-8-15-6-9/h5-8,11H,3-4,13H2,1-2H3. The van der Waals surface area contributed by atoms with Gasteiger partial charge < -0.3 is 10.5 Å². The maximum Gasteiger partial charge on any atom is 0.161 e. The van der Waals surface area contributed by atoms with Gasteiger partial charge in [0, 0.05) is 24.5 Å². The lowest BCUT2D eigenvalue weighted by atomic mass is 10.1. The Hall–Kier alpha value is -1.95. The van der Waals surface area contributed by atoms with Crippen molar-refractivity contribution in [3.63, 3.8) is 0 Å². The van der Waals surface area contributed by atoms with Gasteiger partial charge in [0.05, 0.1) is 19.3 Å². The summed E-state index contributed by atoms with van der Waals surface area (Å²) in [4.78, 5) is 7.97. The van der Waals surface area contributed by atoms with Gasteiger partial charge in [0.2, 0.25) is 0 Å². The fourth-order valence-corrected chi connectivity index (χ4v) is 1.87. The van der Waals surface area contributed by atoms with Crippen molar-refractivity contribution in [3.05, 3.63) is 36.2 Å². The van der Waals surface area contributed by atoms with E-state index in [4.69, 9.17) is 10.5 Å². The number of aromatic nitrogens is 4. The fourth-order valence-electron chi connectivity index (χ4n) is 1.87. The van der Waals surface area contributed by atoms with Gasteiger partial charge in [-0.25, -0.2) is 9.97 Å². The normalized spacial score (nSPS) is 12.4. The average Bonchev–Trinajstić information content (AvgIpc) is 2.82. The number of rotatable bonds is 5. The number of aryl methyl sites for hydroxylation is 1. The summed E-state index contributed by atoms with van der Waals surface area (Å²) < 4.78 is 7.18. The van der Waals surface area contributed by atoms with Crippen LogP contribution in [0.3, 0.4) is 0 Å². The lowest BCUT2D eigenvalue weighted by Crippen LogP contribution is -2.18. The smallest absolute Gasteiger partial charge is 0.161 e. The fraction of sp³-hybridized carbons (Fsp3) is 0.417. The van der Waals surface area contributed by atoms with E-state index in [1.165, 1.54) is 6.33 Å². The van der Waals surface area contributed by atoms with Crippen LogP contribution in [0.4, 0.5) is 0 Å². The van der Waals surface area contributed by atoms with E-state index in [1.807, 2.05) is 4.68 Å². The summed E-state index contributed by atoms with van der Waals surface area (Å²) in [7, 11) is 1.62. The minimum atomic E-state index is -0.338. The van der Waals surface area contributed by atoms with Crippen molar-refractivity contribution in [2.45, 2.75) is 25.9 Å². The highest BCUT2D eigenvalue weighted by molar-refractivity contribution is 5.34. The minimum Gasteiger partial charge on any atom is -0.493 e. The molecule has 0 spiro atoms. The molecule has 0 fully saturated rings. The first-order valence-corrected chi connectivity index (χ1v) is 5.88. The molecule has 0 aliphatic rings. The van der Waals surface area contributed by atoms with E-state index in [-0.39, 0.29) is 6.04 Å².